The van der Waals surface area contributed by atoms with Crippen molar-refractivity contribution in [2.24, 2.45) is 5.92 Å². The molecule has 1 N–H and O–H groups in total. The molecule has 11 nitrogen and oxygen atoms in total. The van der Waals surface area contributed by atoms with Gasteiger partial charge in [0.05, 0.1) is 42.5 Å². The molecule has 0 bridgehead atoms. The number of halogens is 4. The summed E-state index contributed by atoms with van der Waals surface area (Å²) in [6.45, 7) is 0.366. The van der Waals surface area contributed by atoms with Gasteiger partial charge in [-0.2, -0.15) is 8.78 Å². The van der Waals surface area contributed by atoms with Crippen LogP contribution in [-0.2, 0) is 25.9 Å². The first-order valence-electron chi connectivity index (χ1n) is 15.2. The highest BCUT2D eigenvalue weighted by Crippen LogP contribution is 2.38. The maximum absolute atomic E-state index is 13.7. The quantitative estimate of drug-likeness (QED) is 0.188. The Labute approximate surface area is 287 Å². The second-order valence-corrected chi connectivity index (χ2v) is 13.8. The van der Waals surface area contributed by atoms with Crippen molar-refractivity contribution in [1.82, 2.24) is 14.6 Å². The predicted octanol–water partition coefficient (Wildman–Crippen LogP) is 5.54. The van der Waals surface area contributed by atoms with Crippen molar-refractivity contribution in [3.63, 3.8) is 0 Å². The molecule has 5 rings (SSSR count). The number of benzene rings is 2. The Kier molecular flexibility index (Phi) is 12.3. The predicted molar refractivity (Wildman–Crippen MR) is 173 cm³/mol. The Morgan fingerprint density at radius 1 is 1.06 bits per heavy atom. The second kappa shape index (κ2) is 16.4. The van der Waals surface area contributed by atoms with E-state index in [1.54, 1.807) is 0 Å². The summed E-state index contributed by atoms with van der Waals surface area (Å²) >= 11 is 12.8. The van der Waals surface area contributed by atoms with Crippen LogP contribution in [-0.4, -0.2) is 84.0 Å². The third kappa shape index (κ3) is 9.67. The molecule has 1 aromatic heterocycles. The van der Waals surface area contributed by atoms with Gasteiger partial charge in [-0.3, -0.25) is 9.88 Å². The molecule has 1 atom stereocenters. The third-order valence-corrected chi connectivity index (χ3v) is 9.96. The molecule has 0 unspecified atom stereocenters. The number of nitrogens with zero attached hydrogens (tertiary/aromatic N) is 2. The van der Waals surface area contributed by atoms with Gasteiger partial charge >= 0.3 is 12.6 Å². The van der Waals surface area contributed by atoms with E-state index in [9.17, 15) is 22.0 Å². The fraction of sp³-hybridized carbons (Fsp3) is 0.438. The standard InChI is InChI=1S/C32H35Cl2F2N3O8S/c1-43-27-7-5-22(15-30(27)48(41,42)38-8-9-39-10-12-44-13-11-39)31(40)46-28(16-23-24(33)17-37-18-25(23)34)21-4-6-26(47-32(35)36)29(14-21)45-19-20-2-3-20/h4-7,14-15,17-18,20,28,32,38H,2-3,8-13,16,19H2,1H3/t28-/m0/s1. The minimum atomic E-state index is -4.10. The molecular formula is C32H35Cl2F2N3O8S. The van der Waals surface area contributed by atoms with Gasteiger partial charge in [-0.15, -0.1) is 0 Å². The number of hydrogen-bond acceptors (Lipinski definition) is 10. The van der Waals surface area contributed by atoms with E-state index in [0.29, 0.717) is 56.5 Å². The largest absolute Gasteiger partial charge is 0.495 e. The van der Waals surface area contributed by atoms with Crippen molar-refractivity contribution in [3.8, 4) is 17.2 Å². The number of carbonyl (C=O) groups is 1. The monoisotopic (exact) mass is 729 g/mol. The van der Waals surface area contributed by atoms with E-state index in [1.807, 2.05) is 0 Å². The Morgan fingerprint density at radius 2 is 1.77 bits per heavy atom. The van der Waals surface area contributed by atoms with Gasteiger partial charge < -0.3 is 23.7 Å². The summed E-state index contributed by atoms with van der Waals surface area (Å²) in [5.41, 5.74) is 0.705. The van der Waals surface area contributed by atoms with Crippen LogP contribution in [0, 0.1) is 5.92 Å². The summed E-state index contributed by atoms with van der Waals surface area (Å²) < 4.78 is 82.7. The van der Waals surface area contributed by atoms with E-state index >= 15 is 0 Å². The minimum absolute atomic E-state index is 0.0318. The lowest BCUT2D eigenvalue weighted by Gasteiger charge is -2.26. The number of alkyl halides is 2. The Balaban J connectivity index is 1.42. The number of esters is 1. The van der Waals surface area contributed by atoms with Crippen LogP contribution in [0.2, 0.25) is 10.0 Å². The summed E-state index contributed by atoms with van der Waals surface area (Å²) in [5, 5.41) is 0.430. The summed E-state index contributed by atoms with van der Waals surface area (Å²) in [6, 6.07) is 8.14. The van der Waals surface area contributed by atoms with E-state index in [4.69, 9.17) is 42.1 Å². The number of methoxy groups -OCH3 is 1. The van der Waals surface area contributed by atoms with Crippen LogP contribution in [0.5, 0.6) is 17.2 Å². The Morgan fingerprint density at radius 3 is 2.44 bits per heavy atom. The van der Waals surface area contributed by atoms with Gasteiger partial charge in [0, 0.05) is 45.0 Å². The van der Waals surface area contributed by atoms with Crippen molar-refractivity contribution in [3.05, 3.63) is 75.5 Å². The van der Waals surface area contributed by atoms with E-state index in [-0.39, 0.29) is 50.7 Å². The normalized spacial score (nSPS) is 16.0. The molecule has 48 heavy (non-hydrogen) atoms. The van der Waals surface area contributed by atoms with Crippen LogP contribution < -0.4 is 18.9 Å². The number of ether oxygens (including phenoxy) is 5. The zero-order valence-electron chi connectivity index (χ0n) is 26.0. The molecule has 1 aliphatic heterocycles. The summed E-state index contributed by atoms with van der Waals surface area (Å²) in [7, 11) is -2.78. The first-order chi connectivity index (χ1) is 23.0. The van der Waals surface area contributed by atoms with E-state index in [1.165, 1.54) is 55.9 Å². The highest BCUT2D eigenvalue weighted by Gasteiger charge is 2.28. The number of rotatable bonds is 16. The molecule has 260 valence electrons. The van der Waals surface area contributed by atoms with Crippen LogP contribution in [0.15, 0.2) is 53.7 Å². The van der Waals surface area contributed by atoms with E-state index in [2.05, 4.69) is 19.3 Å². The van der Waals surface area contributed by atoms with Crippen molar-refractivity contribution in [2.45, 2.75) is 36.9 Å². The van der Waals surface area contributed by atoms with Gasteiger partial charge in [0.2, 0.25) is 10.0 Å². The number of hydrogen-bond donors (Lipinski definition) is 1. The first kappa shape index (κ1) is 36.0. The van der Waals surface area contributed by atoms with Gasteiger partial charge in [0.25, 0.3) is 0 Å². The summed E-state index contributed by atoms with van der Waals surface area (Å²) in [4.78, 5) is 19.5. The Bertz CT molecular complexity index is 1670. The number of pyridine rings is 1. The molecule has 0 radical (unpaired) electrons. The van der Waals surface area contributed by atoms with Crippen LogP contribution in [0.4, 0.5) is 8.78 Å². The SMILES string of the molecule is COc1ccc(C(=O)O[C@@H](Cc2c(Cl)cncc2Cl)c2ccc(OC(F)F)c(OCC3CC3)c2)cc1S(=O)(=O)NCCN1CCOCC1. The zero-order valence-corrected chi connectivity index (χ0v) is 28.3. The maximum Gasteiger partial charge on any atom is 0.387 e. The topological polar surface area (TPSA) is 126 Å². The van der Waals surface area contributed by atoms with Gasteiger partial charge in [0.15, 0.2) is 11.5 Å². The van der Waals surface area contributed by atoms with Gasteiger partial charge in [-0.25, -0.2) is 17.9 Å². The smallest absolute Gasteiger partial charge is 0.387 e. The zero-order chi connectivity index (χ0) is 34.3. The molecule has 2 aromatic carbocycles. The average Bonchev–Trinajstić information content (AvgIpc) is 3.90. The minimum Gasteiger partial charge on any atom is -0.495 e. The highest BCUT2D eigenvalue weighted by molar-refractivity contribution is 7.89. The fourth-order valence-corrected chi connectivity index (χ4v) is 6.75. The molecule has 1 aliphatic carbocycles. The fourth-order valence-electron chi connectivity index (χ4n) is 5.02. The second-order valence-electron chi connectivity index (χ2n) is 11.2. The van der Waals surface area contributed by atoms with Gasteiger partial charge in [-0.05, 0) is 60.2 Å². The lowest BCUT2D eigenvalue weighted by atomic mass is 10.0. The molecule has 2 fully saturated rings. The number of morpholine rings is 1. The number of sulfonamides is 1. The van der Waals surface area contributed by atoms with E-state index < -0.39 is 28.7 Å². The summed E-state index contributed by atoms with van der Waals surface area (Å²) in [6.07, 6.45) is 3.59. The molecule has 2 aliphatic rings. The Hall–Kier alpha value is -3.27. The van der Waals surface area contributed by atoms with Crippen molar-refractivity contribution < 1.29 is 45.7 Å². The highest BCUT2D eigenvalue weighted by atomic mass is 35.5. The molecule has 16 heteroatoms. The number of carbonyl (C=O) groups excluding carboxylic acids is 1. The van der Waals surface area contributed by atoms with Gasteiger partial charge in [0.1, 0.15) is 16.7 Å². The van der Waals surface area contributed by atoms with Crippen molar-refractivity contribution in [2.75, 3.05) is 53.1 Å². The average molecular weight is 731 g/mol. The molecule has 3 aromatic rings. The van der Waals surface area contributed by atoms with Crippen LogP contribution in [0.25, 0.3) is 0 Å². The van der Waals surface area contributed by atoms with Gasteiger partial charge in [-0.1, -0.05) is 29.3 Å². The summed E-state index contributed by atoms with van der Waals surface area (Å²) in [5.74, 6) is -0.656. The third-order valence-electron chi connectivity index (χ3n) is 7.83. The molecule has 2 heterocycles. The van der Waals surface area contributed by atoms with Crippen LogP contribution in [0.3, 0.4) is 0 Å². The van der Waals surface area contributed by atoms with Crippen molar-refractivity contribution >= 4 is 39.2 Å². The van der Waals surface area contributed by atoms with Crippen LogP contribution >= 0.6 is 23.2 Å². The lowest BCUT2D eigenvalue weighted by molar-refractivity contribution is -0.0515. The van der Waals surface area contributed by atoms with Crippen LogP contribution in [0.1, 0.15) is 40.4 Å². The van der Waals surface area contributed by atoms with E-state index in [0.717, 1.165) is 12.8 Å². The number of nitrogens with one attached hydrogen (secondary N) is 1. The van der Waals surface area contributed by atoms with Crippen molar-refractivity contribution in [1.29, 1.82) is 0 Å². The number of aromatic nitrogens is 1. The molecule has 0 spiro atoms. The maximum atomic E-state index is 13.7. The molecule has 1 saturated carbocycles. The lowest BCUT2D eigenvalue weighted by Crippen LogP contribution is -2.41. The molecular weight excluding hydrogens is 695 g/mol. The first-order valence-corrected chi connectivity index (χ1v) is 17.5. The molecule has 0 amide bonds. The molecule has 1 saturated heterocycles.